The molecular weight excluding hydrogens is 274 g/mol. The lowest BCUT2D eigenvalue weighted by atomic mass is 9.86. The van der Waals surface area contributed by atoms with Crippen molar-refractivity contribution in [1.82, 2.24) is 4.31 Å². The molecular formula is C11H19NO6S. The number of sulfonamides is 1. The molecule has 8 heteroatoms. The molecule has 2 unspecified atom stereocenters. The maximum absolute atomic E-state index is 12.2. The van der Waals surface area contributed by atoms with Gasteiger partial charge in [-0.2, -0.15) is 0 Å². The van der Waals surface area contributed by atoms with Gasteiger partial charge in [0.1, 0.15) is 0 Å². The van der Waals surface area contributed by atoms with Crippen LogP contribution < -0.4 is 0 Å². The SMILES string of the molecule is CC(C)(C)S(=O)(=O)N1CCC(C(=O)O)C(C(=O)O)C1. The average molecular weight is 293 g/mol. The molecule has 19 heavy (non-hydrogen) atoms. The smallest absolute Gasteiger partial charge is 0.308 e. The lowest BCUT2D eigenvalue weighted by Gasteiger charge is -2.37. The fourth-order valence-electron chi connectivity index (χ4n) is 2.07. The summed E-state index contributed by atoms with van der Waals surface area (Å²) >= 11 is 0. The molecule has 0 aromatic rings. The number of hydrogen-bond donors (Lipinski definition) is 2. The van der Waals surface area contributed by atoms with Gasteiger partial charge in [-0.25, -0.2) is 12.7 Å². The Bertz CT molecular complexity index is 478. The fraction of sp³-hybridized carbons (Fsp3) is 0.818. The molecule has 0 amide bonds. The molecule has 1 heterocycles. The Kier molecular flexibility index (Phi) is 4.26. The maximum atomic E-state index is 12.2. The minimum atomic E-state index is -3.64. The van der Waals surface area contributed by atoms with Crippen LogP contribution in [0.1, 0.15) is 27.2 Å². The Balaban J connectivity index is 3.01. The Morgan fingerprint density at radius 3 is 1.95 bits per heavy atom. The molecule has 1 fully saturated rings. The van der Waals surface area contributed by atoms with Gasteiger partial charge in [0.25, 0.3) is 0 Å². The Labute approximate surface area is 112 Å². The van der Waals surface area contributed by atoms with E-state index >= 15 is 0 Å². The number of carbonyl (C=O) groups is 2. The highest BCUT2D eigenvalue weighted by Crippen LogP contribution is 2.30. The predicted molar refractivity (Wildman–Crippen MR) is 67.1 cm³/mol. The van der Waals surface area contributed by atoms with Crippen LogP contribution >= 0.6 is 0 Å². The van der Waals surface area contributed by atoms with Crippen molar-refractivity contribution in [2.75, 3.05) is 13.1 Å². The van der Waals surface area contributed by atoms with Crippen LogP contribution in [0.25, 0.3) is 0 Å². The van der Waals surface area contributed by atoms with Gasteiger partial charge in [-0.15, -0.1) is 0 Å². The summed E-state index contributed by atoms with van der Waals surface area (Å²) in [5.74, 6) is -4.71. The quantitative estimate of drug-likeness (QED) is 0.770. The molecule has 7 nitrogen and oxygen atoms in total. The monoisotopic (exact) mass is 293 g/mol. The van der Waals surface area contributed by atoms with E-state index in [4.69, 9.17) is 10.2 Å². The lowest BCUT2D eigenvalue weighted by molar-refractivity contribution is -0.156. The summed E-state index contributed by atoms with van der Waals surface area (Å²) in [5.41, 5.74) is 0. The standard InChI is InChI=1S/C11H19NO6S/c1-11(2,3)19(17,18)12-5-4-7(9(13)14)8(6-12)10(15)16/h7-8H,4-6H2,1-3H3,(H,13,14)(H,15,16). The summed E-state index contributed by atoms with van der Waals surface area (Å²) in [6.07, 6.45) is 0.0155. The zero-order valence-corrected chi connectivity index (χ0v) is 12.0. The summed E-state index contributed by atoms with van der Waals surface area (Å²) in [6.45, 7) is 4.34. The molecule has 110 valence electrons. The number of nitrogens with zero attached hydrogens (tertiary/aromatic N) is 1. The molecule has 2 N–H and O–H groups in total. The van der Waals surface area contributed by atoms with Crippen LogP contribution in [0.2, 0.25) is 0 Å². The molecule has 0 saturated carbocycles. The molecule has 1 aliphatic heterocycles. The van der Waals surface area contributed by atoms with Crippen LogP contribution in [-0.2, 0) is 19.6 Å². The van der Waals surface area contributed by atoms with Crippen molar-refractivity contribution in [3.63, 3.8) is 0 Å². The first-order chi connectivity index (χ1) is 8.48. The molecule has 0 aromatic heterocycles. The maximum Gasteiger partial charge on any atom is 0.308 e. The minimum absolute atomic E-state index is 0.0155. The van der Waals surface area contributed by atoms with E-state index in [1.165, 1.54) is 20.8 Å². The molecule has 0 aliphatic carbocycles. The van der Waals surface area contributed by atoms with E-state index in [9.17, 15) is 18.0 Å². The summed E-state index contributed by atoms with van der Waals surface area (Å²) in [7, 11) is -3.64. The molecule has 0 aromatic carbocycles. The van der Waals surface area contributed by atoms with Crippen molar-refractivity contribution in [2.24, 2.45) is 11.8 Å². The van der Waals surface area contributed by atoms with Crippen molar-refractivity contribution in [3.8, 4) is 0 Å². The van der Waals surface area contributed by atoms with Gasteiger partial charge in [-0.1, -0.05) is 0 Å². The number of aliphatic carboxylic acids is 2. The predicted octanol–water partition coefficient (Wildman–Crippen LogP) is 0.222. The third-order valence-corrected chi connectivity index (χ3v) is 5.88. The van der Waals surface area contributed by atoms with Crippen molar-refractivity contribution in [2.45, 2.75) is 31.9 Å². The normalized spacial score (nSPS) is 26.1. The first kappa shape index (κ1) is 15.9. The molecule has 0 bridgehead atoms. The van der Waals surface area contributed by atoms with E-state index in [-0.39, 0.29) is 19.5 Å². The van der Waals surface area contributed by atoms with Crippen LogP contribution in [-0.4, -0.2) is 52.7 Å². The van der Waals surface area contributed by atoms with Gasteiger partial charge >= 0.3 is 11.9 Å². The summed E-state index contributed by atoms with van der Waals surface area (Å²) < 4.78 is 24.5. The Morgan fingerprint density at radius 1 is 1.11 bits per heavy atom. The molecule has 0 spiro atoms. The molecule has 1 rings (SSSR count). The van der Waals surface area contributed by atoms with E-state index in [1.807, 2.05) is 0 Å². The average Bonchev–Trinajstić information content (AvgIpc) is 2.26. The summed E-state index contributed by atoms with van der Waals surface area (Å²) in [5, 5.41) is 18.0. The number of hydrogen-bond acceptors (Lipinski definition) is 4. The zero-order valence-electron chi connectivity index (χ0n) is 11.2. The minimum Gasteiger partial charge on any atom is -0.481 e. The van der Waals surface area contributed by atoms with Crippen LogP contribution in [0, 0.1) is 11.8 Å². The number of piperidine rings is 1. The first-order valence-corrected chi connectivity index (χ1v) is 7.38. The van der Waals surface area contributed by atoms with Gasteiger partial charge < -0.3 is 10.2 Å². The lowest BCUT2D eigenvalue weighted by Crippen LogP contribution is -2.52. The van der Waals surface area contributed by atoms with Gasteiger partial charge in [0, 0.05) is 13.1 Å². The number of carboxylic acids is 2. The molecule has 0 radical (unpaired) electrons. The van der Waals surface area contributed by atoms with E-state index in [0.29, 0.717) is 0 Å². The highest BCUT2D eigenvalue weighted by molar-refractivity contribution is 7.90. The Morgan fingerprint density at radius 2 is 1.58 bits per heavy atom. The number of rotatable bonds is 3. The summed E-state index contributed by atoms with van der Waals surface area (Å²) in [6, 6.07) is 0. The van der Waals surface area contributed by atoms with Crippen LogP contribution in [0.5, 0.6) is 0 Å². The zero-order chi connectivity index (χ0) is 15.0. The molecule has 1 saturated heterocycles. The molecule has 1 aliphatic rings. The van der Waals surface area contributed by atoms with E-state index in [0.717, 1.165) is 4.31 Å². The van der Waals surface area contributed by atoms with Crippen molar-refractivity contribution in [1.29, 1.82) is 0 Å². The highest BCUT2D eigenvalue weighted by Gasteiger charge is 2.45. The number of carboxylic acid groups (broad SMARTS) is 2. The van der Waals surface area contributed by atoms with Gasteiger partial charge in [0.15, 0.2) is 0 Å². The van der Waals surface area contributed by atoms with E-state index in [2.05, 4.69) is 0 Å². The van der Waals surface area contributed by atoms with Gasteiger partial charge in [0.2, 0.25) is 10.0 Å². The topological polar surface area (TPSA) is 112 Å². The largest absolute Gasteiger partial charge is 0.481 e. The van der Waals surface area contributed by atoms with Crippen LogP contribution in [0.4, 0.5) is 0 Å². The second-order valence-corrected chi connectivity index (χ2v) is 8.34. The van der Waals surface area contributed by atoms with Crippen LogP contribution in [0.3, 0.4) is 0 Å². The van der Waals surface area contributed by atoms with Crippen molar-refractivity contribution >= 4 is 22.0 Å². The Hall–Kier alpha value is -1.15. The highest BCUT2D eigenvalue weighted by atomic mass is 32.2. The second-order valence-electron chi connectivity index (χ2n) is 5.65. The third kappa shape index (κ3) is 3.06. The van der Waals surface area contributed by atoms with E-state index in [1.54, 1.807) is 0 Å². The summed E-state index contributed by atoms with van der Waals surface area (Å²) in [4.78, 5) is 22.1. The second kappa shape index (κ2) is 5.09. The third-order valence-electron chi connectivity index (χ3n) is 3.32. The van der Waals surface area contributed by atoms with E-state index < -0.39 is 38.5 Å². The van der Waals surface area contributed by atoms with Crippen molar-refractivity contribution < 1.29 is 28.2 Å². The molecule has 2 atom stereocenters. The van der Waals surface area contributed by atoms with Crippen molar-refractivity contribution in [3.05, 3.63) is 0 Å². The fourth-order valence-corrected chi connectivity index (χ4v) is 3.55. The van der Waals surface area contributed by atoms with Crippen LogP contribution in [0.15, 0.2) is 0 Å². The van der Waals surface area contributed by atoms with Gasteiger partial charge in [0.05, 0.1) is 16.6 Å². The first-order valence-electron chi connectivity index (χ1n) is 5.94. The van der Waals surface area contributed by atoms with Gasteiger partial charge in [-0.05, 0) is 27.2 Å². The van der Waals surface area contributed by atoms with Gasteiger partial charge in [-0.3, -0.25) is 9.59 Å².